The minimum absolute atomic E-state index is 0.518. The molecular formula is C14H21NO. The second-order valence-corrected chi connectivity index (χ2v) is 4.56. The maximum absolute atomic E-state index is 10.4. The number of carbonyl (C=O) groups is 1. The molecule has 2 heteroatoms. The van der Waals surface area contributed by atoms with Crippen LogP contribution in [0.2, 0.25) is 0 Å². The number of carbonyl (C=O) groups excluding carboxylic acids is 1. The molecule has 0 bridgehead atoms. The van der Waals surface area contributed by atoms with Crippen LogP contribution in [0, 0.1) is 20.8 Å². The third-order valence-electron chi connectivity index (χ3n) is 2.97. The Balaban J connectivity index is 2.70. The zero-order valence-electron chi connectivity index (χ0n) is 10.7. The number of hydrogen-bond acceptors (Lipinski definition) is 2. The normalized spacial score (nSPS) is 10.8. The van der Waals surface area contributed by atoms with E-state index in [-0.39, 0.29) is 0 Å². The third-order valence-corrected chi connectivity index (χ3v) is 2.97. The van der Waals surface area contributed by atoms with Gasteiger partial charge in [-0.05, 0) is 50.9 Å². The van der Waals surface area contributed by atoms with Crippen molar-refractivity contribution in [3.8, 4) is 0 Å². The lowest BCUT2D eigenvalue weighted by Crippen LogP contribution is -2.23. The Morgan fingerprint density at radius 3 is 2.25 bits per heavy atom. The quantitative estimate of drug-likeness (QED) is 0.708. The van der Waals surface area contributed by atoms with Gasteiger partial charge in [-0.3, -0.25) is 4.90 Å². The smallest absolute Gasteiger partial charge is 0.133 e. The van der Waals surface area contributed by atoms with Crippen LogP contribution in [0.5, 0.6) is 0 Å². The van der Waals surface area contributed by atoms with Gasteiger partial charge >= 0.3 is 0 Å². The van der Waals surface area contributed by atoms with E-state index >= 15 is 0 Å². The van der Waals surface area contributed by atoms with E-state index in [1.807, 2.05) is 11.9 Å². The van der Waals surface area contributed by atoms with E-state index in [4.69, 9.17) is 0 Å². The molecule has 0 saturated carbocycles. The summed E-state index contributed by atoms with van der Waals surface area (Å²) >= 11 is 0. The van der Waals surface area contributed by atoms with Crippen molar-refractivity contribution in [2.75, 3.05) is 20.1 Å². The van der Waals surface area contributed by atoms with Gasteiger partial charge in [-0.1, -0.05) is 17.7 Å². The minimum Gasteiger partial charge on any atom is -0.302 e. The van der Waals surface area contributed by atoms with Crippen molar-refractivity contribution in [3.63, 3.8) is 0 Å². The first kappa shape index (κ1) is 12.9. The van der Waals surface area contributed by atoms with Gasteiger partial charge in [-0.2, -0.15) is 0 Å². The predicted octanol–water partition coefficient (Wildman–Crippen LogP) is 2.29. The summed E-state index contributed by atoms with van der Waals surface area (Å²) in [6.45, 7) is 7.90. The van der Waals surface area contributed by atoms with E-state index in [2.05, 4.69) is 32.9 Å². The molecule has 0 aliphatic heterocycles. The van der Waals surface area contributed by atoms with Crippen LogP contribution in [0.3, 0.4) is 0 Å². The van der Waals surface area contributed by atoms with E-state index in [0.717, 1.165) is 19.3 Å². The molecule has 0 saturated heterocycles. The van der Waals surface area contributed by atoms with Crippen molar-refractivity contribution in [1.29, 1.82) is 0 Å². The molecule has 0 heterocycles. The fourth-order valence-corrected chi connectivity index (χ4v) is 2.13. The van der Waals surface area contributed by atoms with Gasteiger partial charge in [0.15, 0.2) is 0 Å². The Morgan fingerprint density at radius 1 is 1.19 bits per heavy atom. The molecule has 88 valence electrons. The lowest BCUT2D eigenvalue weighted by atomic mass is 9.97. The topological polar surface area (TPSA) is 20.3 Å². The van der Waals surface area contributed by atoms with Gasteiger partial charge in [0.25, 0.3) is 0 Å². The maximum Gasteiger partial charge on any atom is 0.133 e. The van der Waals surface area contributed by atoms with E-state index in [1.54, 1.807) is 0 Å². The molecular weight excluding hydrogens is 198 g/mol. The van der Waals surface area contributed by atoms with Gasteiger partial charge in [-0.15, -0.1) is 0 Å². The van der Waals surface area contributed by atoms with Crippen LogP contribution in [0.1, 0.15) is 22.3 Å². The van der Waals surface area contributed by atoms with Crippen molar-refractivity contribution in [1.82, 2.24) is 4.90 Å². The Morgan fingerprint density at radius 2 is 1.75 bits per heavy atom. The van der Waals surface area contributed by atoms with Crippen LogP contribution in [0.15, 0.2) is 12.1 Å². The van der Waals surface area contributed by atoms with E-state index in [0.29, 0.717) is 6.54 Å². The first-order valence-electron chi connectivity index (χ1n) is 5.73. The average Bonchev–Trinajstić information content (AvgIpc) is 2.16. The molecule has 0 fully saturated rings. The SMILES string of the molecule is Cc1cc(C)c(CCN(C)CC=O)c(C)c1. The molecule has 1 rings (SSSR count). The van der Waals surface area contributed by atoms with E-state index < -0.39 is 0 Å². The van der Waals surface area contributed by atoms with Crippen molar-refractivity contribution in [3.05, 3.63) is 34.4 Å². The van der Waals surface area contributed by atoms with Crippen molar-refractivity contribution in [2.24, 2.45) is 0 Å². The molecule has 0 spiro atoms. The van der Waals surface area contributed by atoms with E-state index in [1.165, 1.54) is 22.3 Å². The second kappa shape index (κ2) is 5.80. The van der Waals surface area contributed by atoms with Crippen molar-refractivity contribution < 1.29 is 4.79 Å². The number of aldehydes is 1. The highest BCUT2D eigenvalue weighted by atomic mass is 16.1. The number of rotatable bonds is 5. The molecule has 0 amide bonds. The summed E-state index contributed by atoms with van der Waals surface area (Å²) in [6.07, 6.45) is 1.97. The van der Waals surface area contributed by atoms with Crippen LogP contribution in [-0.2, 0) is 11.2 Å². The first-order valence-corrected chi connectivity index (χ1v) is 5.73. The number of aryl methyl sites for hydroxylation is 3. The summed E-state index contributed by atoms with van der Waals surface area (Å²) in [7, 11) is 1.98. The van der Waals surface area contributed by atoms with E-state index in [9.17, 15) is 4.79 Å². The largest absolute Gasteiger partial charge is 0.302 e. The molecule has 1 aromatic carbocycles. The molecule has 0 aromatic heterocycles. The fourth-order valence-electron chi connectivity index (χ4n) is 2.13. The van der Waals surface area contributed by atoms with Crippen LogP contribution < -0.4 is 0 Å². The highest BCUT2D eigenvalue weighted by Gasteiger charge is 2.05. The Kier molecular flexibility index (Phi) is 4.69. The highest BCUT2D eigenvalue weighted by Crippen LogP contribution is 2.16. The summed E-state index contributed by atoms with van der Waals surface area (Å²) in [5.41, 5.74) is 5.46. The Labute approximate surface area is 98.3 Å². The van der Waals surface area contributed by atoms with Gasteiger partial charge < -0.3 is 4.79 Å². The summed E-state index contributed by atoms with van der Waals surface area (Å²) in [4.78, 5) is 12.4. The number of benzene rings is 1. The highest BCUT2D eigenvalue weighted by molar-refractivity contribution is 5.51. The molecule has 16 heavy (non-hydrogen) atoms. The molecule has 0 aliphatic rings. The van der Waals surface area contributed by atoms with Crippen LogP contribution in [-0.4, -0.2) is 31.3 Å². The molecule has 0 N–H and O–H groups in total. The standard InChI is InChI=1S/C14H21NO/c1-11-9-12(2)14(13(3)10-11)5-6-15(4)7-8-16/h8-10H,5-7H2,1-4H3. The average molecular weight is 219 g/mol. The maximum atomic E-state index is 10.4. The first-order chi connectivity index (χ1) is 7.54. The molecule has 0 aliphatic carbocycles. The summed E-state index contributed by atoms with van der Waals surface area (Å²) in [5, 5.41) is 0. The summed E-state index contributed by atoms with van der Waals surface area (Å²) in [5.74, 6) is 0. The minimum atomic E-state index is 0.518. The zero-order valence-corrected chi connectivity index (χ0v) is 10.7. The zero-order chi connectivity index (χ0) is 12.1. The molecule has 0 radical (unpaired) electrons. The molecule has 1 aromatic rings. The third kappa shape index (κ3) is 3.46. The fraction of sp³-hybridized carbons (Fsp3) is 0.500. The summed E-state index contributed by atoms with van der Waals surface area (Å²) < 4.78 is 0. The van der Waals surface area contributed by atoms with Crippen LogP contribution in [0.25, 0.3) is 0 Å². The Bertz CT molecular complexity index is 348. The van der Waals surface area contributed by atoms with Crippen LogP contribution in [0.4, 0.5) is 0 Å². The number of hydrogen-bond donors (Lipinski definition) is 0. The van der Waals surface area contributed by atoms with Gasteiger partial charge in [0, 0.05) is 6.54 Å². The van der Waals surface area contributed by atoms with Gasteiger partial charge in [0.2, 0.25) is 0 Å². The molecule has 0 unspecified atom stereocenters. The predicted molar refractivity (Wildman–Crippen MR) is 67.9 cm³/mol. The molecule has 2 nitrogen and oxygen atoms in total. The lowest BCUT2D eigenvalue weighted by Gasteiger charge is -2.16. The monoisotopic (exact) mass is 219 g/mol. The van der Waals surface area contributed by atoms with Crippen molar-refractivity contribution >= 4 is 6.29 Å². The lowest BCUT2D eigenvalue weighted by molar-refractivity contribution is -0.108. The van der Waals surface area contributed by atoms with Gasteiger partial charge in [0.05, 0.1) is 6.54 Å². The number of nitrogens with zero attached hydrogens (tertiary/aromatic N) is 1. The van der Waals surface area contributed by atoms with Crippen molar-refractivity contribution in [2.45, 2.75) is 27.2 Å². The Hall–Kier alpha value is -1.15. The summed E-state index contributed by atoms with van der Waals surface area (Å²) in [6, 6.07) is 4.45. The van der Waals surface area contributed by atoms with Crippen LogP contribution >= 0.6 is 0 Å². The molecule has 0 atom stereocenters. The number of likely N-dealkylation sites (N-methyl/N-ethyl adjacent to an activating group) is 1. The van der Waals surface area contributed by atoms with Gasteiger partial charge in [0.1, 0.15) is 6.29 Å². The van der Waals surface area contributed by atoms with Gasteiger partial charge in [-0.25, -0.2) is 0 Å². The second-order valence-electron chi connectivity index (χ2n) is 4.56.